The van der Waals surface area contributed by atoms with Crippen LogP contribution in [0.3, 0.4) is 0 Å². The molecule has 0 spiro atoms. The van der Waals surface area contributed by atoms with Gasteiger partial charge in [0.25, 0.3) is 5.91 Å². The van der Waals surface area contributed by atoms with Gasteiger partial charge in [-0.1, -0.05) is 0 Å². The van der Waals surface area contributed by atoms with Crippen LogP contribution < -0.4 is 5.32 Å². The van der Waals surface area contributed by atoms with Gasteiger partial charge < -0.3 is 10.1 Å². The van der Waals surface area contributed by atoms with E-state index in [-0.39, 0.29) is 30.8 Å². The summed E-state index contributed by atoms with van der Waals surface area (Å²) in [6, 6.07) is 2.40. The molecule has 1 aromatic rings. The number of esters is 1. The number of nitrogens with zero attached hydrogens (tertiary/aromatic N) is 1. The van der Waals surface area contributed by atoms with Crippen molar-refractivity contribution in [2.45, 2.75) is 44.0 Å². The summed E-state index contributed by atoms with van der Waals surface area (Å²) in [6.07, 6.45) is 0.422. The molecule has 0 bridgehead atoms. The van der Waals surface area contributed by atoms with Gasteiger partial charge in [-0.15, -0.1) is 0 Å². The minimum absolute atomic E-state index is 0.0370. The third kappa shape index (κ3) is 5.71. The molecule has 10 heteroatoms. The maximum Gasteiger partial charge on any atom is 0.309 e. The molecule has 1 fully saturated rings. The van der Waals surface area contributed by atoms with E-state index < -0.39 is 51.6 Å². The topological polar surface area (TPSA) is 92.8 Å². The molecule has 0 unspecified atom stereocenters. The van der Waals surface area contributed by atoms with Crippen LogP contribution in [0, 0.1) is 17.6 Å². The molecule has 1 N–H and O–H groups in total. The van der Waals surface area contributed by atoms with Gasteiger partial charge in [-0.05, 0) is 51.8 Å². The number of nitrogens with one attached hydrogen (secondary N) is 1. The lowest BCUT2D eigenvalue weighted by atomic mass is 9.98. The van der Waals surface area contributed by atoms with Crippen molar-refractivity contribution in [3.63, 3.8) is 0 Å². The summed E-state index contributed by atoms with van der Waals surface area (Å²) in [5, 5.41) is 2.67. The average Bonchev–Trinajstić information content (AvgIpc) is 2.60. The maximum atomic E-state index is 13.3. The number of hydrogen-bond donors (Lipinski definition) is 1. The molecule has 1 saturated heterocycles. The monoisotopic (exact) mass is 418 g/mol. The van der Waals surface area contributed by atoms with Crippen molar-refractivity contribution >= 4 is 21.9 Å². The summed E-state index contributed by atoms with van der Waals surface area (Å²) < 4.78 is 57.6. The second-order valence-corrected chi connectivity index (χ2v) is 9.60. The summed E-state index contributed by atoms with van der Waals surface area (Å²) in [5.74, 6) is -3.88. The second kappa shape index (κ2) is 8.52. The summed E-state index contributed by atoms with van der Waals surface area (Å²) >= 11 is 0. The van der Waals surface area contributed by atoms with E-state index in [0.717, 1.165) is 16.4 Å². The van der Waals surface area contributed by atoms with Crippen LogP contribution in [-0.4, -0.2) is 49.8 Å². The van der Waals surface area contributed by atoms with Gasteiger partial charge >= 0.3 is 5.97 Å². The van der Waals surface area contributed by atoms with Crippen LogP contribution in [-0.2, 0) is 24.3 Å². The quantitative estimate of drug-likeness (QED) is 0.737. The van der Waals surface area contributed by atoms with Gasteiger partial charge in [-0.25, -0.2) is 17.2 Å². The highest BCUT2D eigenvalue weighted by Gasteiger charge is 2.33. The van der Waals surface area contributed by atoms with E-state index in [1.54, 1.807) is 20.8 Å². The summed E-state index contributed by atoms with van der Waals surface area (Å²) in [5.41, 5.74) is -0.441. The number of carbonyl (C=O) groups excluding carboxylic acids is 2. The molecular formula is C18H24F2N2O5S. The molecule has 0 aromatic heterocycles. The van der Waals surface area contributed by atoms with Crippen LogP contribution in [0.1, 0.15) is 33.6 Å². The molecule has 28 heavy (non-hydrogen) atoms. The van der Waals surface area contributed by atoms with Crippen molar-refractivity contribution in [2.75, 3.05) is 19.7 Å². The van der Waals surface area contributed by atoms with Gasteiger partial charge in [0.2, 0.25) is 10.0 Å². The largest absolute Gasteiger partial charge is 0.455 e. The molecule has 2 rings (SSSR count). The van der Waals surface area contributed by atoms with Gasteiger partial charge in [0.15, 0.2) is 18.2 Å². The zero-order valence-electron chi connectivity index (χ0n) is 16.0. The Morgan fingerprint density at radius 2 is 1.79 bits per heavy atom. The Labute approximate surface area is 163 Å². The number of piperidine rings is 1. The van der Waals surface area contributed by atoms with Gasteiger partial charge in [0.1, 0.15) is 0 Å². The van der Waals surface area contributed by atoms with Crippen molar-refractivity contribution in [3.05, 3.63) is 29.8 Å². The predicted octanol–water partition coefficient (Wildman–Crippen LogP) is 1.82. The minimum atomic E-state index is -3.99. The van der Waals surface area contributed by atoms with E-state index in [2.05, 4.69) is 5.32 Å². The van der Waals surface area contributed by atoms with Crippen molar-refractivity contribution in [3.8, 4) is 0 Å². The van der Waals surface area contributed by atoms with E-state index in [1.165, 1.54) is 0 Å². The van der Waals surface area contributed by atoms with Crippen LogP contribution in [0.15, 0.2) is 23.1 Å². The fourth-order valence-corrected chi connectivity index (χ4v) is 4.31. The lowest BCUT2D eigenvalue weighted by Gasteiger charge is -2.30. The van der Waals surface area contributed by atoms with Crippen LogP contribution in [0.5, 0.6) is 0 Å². The molecule has 1 aliphatic rings. The molecule has 0 atom stereocenters. The van der Waals surface area contributed by atoms with Crippen molar-refractivity contribution in [2.24, 2.45) is 5.92 Å². The van der Waals surface area contributed by atoms with Crippen LogP contribution in [0.2, 0.25) is 0 Å². The summed E-state index contributed by atoms with van der Waals surface area (Å²) in [4.78, 5) is 23.5. The predicted molar refractivity (Wildman–Crippen MR) is 96.7 cm³/mol. The molecule has 7 nitrogen and oxygen atoms in total. The lowest BCUT2D eigenvalue weighted by Crippen LogP contribution is -2.44. The van der Waals surface area contributed by atoms with Gasteiger partial charge in [-0.2, -0.15) is 4.31 Å². The molecule has 0 saturated carbocycles. The van der Waals surface area contributed by atoms with E-state index in [4.69, 9.17) is 4.74 Å². The Bertz CT molecular complexity index is 844. The van der Waals surface area contributed by atoms with E-state index in [0.29, 0.717) is 6.07 Å². The number of sulfonamides is 1. The molecule has 1 amide bonds. The fourth-order valence-electron chi connectivity index (χ4n) is 2.83. The summed E-state index contributed by atoms with van der Waals surface area (Å²) in [7, 11) is -3.99. The summed E-state index contributed by atoms with van der Waals surface area (Å²) in [6.45, 7) is 5.08. The number of halogens is 2. The Kier molecular flexibility index (Phi) is 6.76. The maximum absolute atomic E-state index is 13.3. The number of carbonyl (C=O) groups is 2. The molecule has 0 aliphatic carbocycles. The molecule has 1 aromatic carbocycles. The highest BCUT2D eigenvalue weighted by Crippen LogP contribution is 2.25. The highest BCUT2D eigenvalue weighted by atomic mass is 32.2. The van der Waals surface area contributed by atoms with E-state index in [9.17, 15) is 26.8 Å². The number of benzene rings is 1. The first kappa shape index (κ1) is 22.2. The van der Waals surface area contributed by atoms with Gasteiger partial charge in [-0.3, -0.25) is 9.59 Å². The zero-order valence-corrected chi connectivity index (χ0v) is 16.8. The number of amides is 1. The van der Waals surface area contributed by atoms with Crippen LogP contribution >= 0.6 is 0 Å². The Balaban J connectivity index is 1.90. The van der Waals surface area contributed by atoms with Crippen molar-refractivity contribution in [1.82, 2.24) is 9.62 Å². The van der Waals surface area contributed by atoms with Crippen molar-refractivity contribution < 1.29 is 31.5 Å². The van der Waals surface area contributed by atoms with E-state index in [1.807, 2.05) is 0 Å². The minimum Gasteiger partial charge on any atom is -0.455 e. The highest BCUT2D eigenvalue weighted by molar-refractivity contribution is 7.89. The number of ether oxygens (including phenoxy) is 1. The van der Waals surface area contributed by atoms with Crippen LogP contribution in [0.4, 0.5) is 8.78 Å². The number of rotatable bonds is 5. The molecule has 1 heterocycles. The van der Waals surface area contributed by atoms with Gasteiger partial charge in [0.05, 0.1) is 10.8 Å². The fraction of sp³-hybridized carbons (Fsp3) is 0.556. The smallest absolute Gasteiger partial charge is 0.309 e. The SMILES string of the molecule is CC(C)(C)NC(=O)COC(=O)C1CCN(S(=O)(=O)c2ccc(F)c(F)c2)CC1. The normalized spacial score (nSPS) is 16.6. The first-order valence-electron chi connectivity index (χ1n) is 8.83. The Morgan fingerprint density at radius 1 is 1.18 bits per heavy atom. The first-order valence-corrected chi connectivity index (χ1v) is 10.3. The Hall–Kier alpha value is -2.07. The Morgan fingerprint density at radius 3 is 2.32 bits per heavy atom. The molecular weight excluding hydrogens is 394 g/mol. The third-order valence-corrected chi connectivity index (χ3v) is 6.07. The second-order valence-electron chi connectivity index (χ2n) is 7.66. The van der Waals surface area contributed by atoms with Crippen molar-refractivity contribution in [1.29, 1.82) is 0 Å². The van der Waals surface area contributed by atoms with E-state index >= 15 is 0 Å². The molecule has 1 aliphatic heterocycles. The lowest BCUT2D eigenvalue weighted by molar-refractivity contribution is -0.154. The van der Waals surface area contributed by atoms with Gasteiger partial charge in [0, 0.05) is 18.6 Å². The number of hydrogen-bond acceptors (Lipinski definition) is 5. The van der Waals surface area contributed by atoms with Crippen LogP contribution in [0.25, 0.3) is 0 Å². The average molecular weight is 418 g/mol. The molecule has 156 valence electrons. The standard InChI is InChI=1S/C18H24F2N2O5S/c1-18(2,3)21-16(23)11-27-17(24)12-6-8-22(9-7-12)28(25,26)13-4-5-14(19)15(20)10-13/h4-5,10,12H,6-9,11H2,1-3H3,(H,21,23). The first-order chi connectivity index (χ1) is 12.9. The third-order valence-electron chi connectivity index (χ3n) is 4.18. The molecule has 0 radical (unpaired) electrons. The zero-order chi connectivity index (χ0) is 21.1.